The summed E-state index contributed by atoms with van der Waals surface area (Å²) in [6.07, 6.45) is 0. The monoisotopic (exact) mass is 488 g/mol. The lowest BCUT2D eigenvalue weighted by Gasteiger charge is -2.34. The number of benzene rings is 2. The molecule has 2 aromatic carbocycles. The highest BCUT2D eigenvalue weighted by atomic mass is 32.2. The minimum absolute atomic E-state index is 0.150. The Morgan fingerprint density at radius 3 is 1.12 bits per heavy atom. The number of rotatable bonds is 5. The molecule has 0 aliphatic heterocycles. The van der Waals surface area contributed by atoms with E-state index in [9.17, 15) is 10.2 Å². The molecule has 2 rings (SSSR count). The summed E-state index contributed by atoms with van der Waals surface area (Å²) in [7, 11) is 0. The molecule has 0 saturated heterocycles. The molecule has 4 heteroatoms. The number of thiol groups is 2. The lowest BCUT2D eigenvalue weighted by molar-refractivity contribution is 0.436. The van der Waals surface area contributed by atoms with Gasteiger partial charge >= 0.3 is 0 Å². The quantitative estimate of drug-likeness (QED) is 0.251. The van der Waals surface area contributed by atoms with Gasteiger partial charge < -0.3 is 10.2 Å². The maximum Gasteiger partial charge on any atom is 0.122 e. The molecule has 2 N–H and O–H groups in total. The molecule has 0 radical (unpaired) electrons. The predicted molar refractivity (Wildman–Crippen MR) is 150 cm³/mol. The highest BCUT2D eigenvalue weighted by Crippen LogP contribution is 2.48. The van der Waals surface area contributed by atoms with Gasteiger partial charge in [-0.1, -0.05) is 93.5 Å². The van der Waals surface area contributed by atoms with Crippen molar-refractivity contribution in [3.63, 3.8) is 0 Å². The Kier molecular flexibility index (Phi) is 7.98. The van der Waals surface area contributed by atoms with E-state index in [1.165, 1.54) is 0 Å². The maximum atomic E-state index is 11.1. The molecular weight excluding hydrogens is 444 g/mol. The summed E-state index contributed by atoms with van der Waals surface area (Å²) in [5.74, 6) is 0.957. The molecular formula is C29H44O2S2. The van der Waals surface area contributed by atoms with Gasteiger partial charge in [0.1, 0.15) is 11.5 Å². The first-order chi connectivity index (χ1) is 14.8. The van der Waals surface area contributed by atoms with Crippen LogP contribution in [0.4, 0.5) is 0 Å². The Hall–Kier alpha value is -1.26. The minimum Gasteiger partial charge on any atom is -0.507 e. The van der Waals surface area contributed by atoms with Crippen molar-refractivity contribution in [2.75, 3.05) is 0 Å². The van der Waals surface area contributed by atoms with E-state index in [0.717, 1.165) is 33.4 Å². The van der Waals surface area contributed by atoms with Gasteiger partial charge in [0.2, 0.25) is 0 Å². The molecule has 0 saturated carbocycles. The number of hydrogen-bond donors (Lipinski definition) is 4. The fraction of sp³-hybridized carbons (Fsp3) is 0.586. The molecule has 2 aromatic rings. The summed E-state index contributed by atoms with van der Waals surface area (Å²) in [5.41, 5.74) is 5.46. The Balaban J connectivity index is 2.97. The van der Waals surface area contributed by atoms with Crippen LogP contribution in [0.2, 0.25) is 0 Å². The fourth-order valence-corrected chi connectivity index (χ4v) is 5.14. The molecule has 0 aliphatic carbocycles. The van der Waals surface area contributed by atoms with E-state index in [1.807, 2.05) is 6.92 Å². The molecule has 0 heterocycles. The van der Waals surface area contributed by atoms with Crippen molar-refractivity contribution in [1.29, 1.82) is 0 Å². The Labute approximate surface area is 213 Å². The zero-order valence-electron chi connectivity index (χ0n) is 22.3. The summed E-state index contributed by atoms with van der Waals surface area (Å²) in [6, 6.07) is 8.47. The molecule has 0 bridgehead atoms. The van der Waals surface area contributed by atoms with Crippen molar-refractivity contribution in [2.45, 2.75) is 109 Å². The zero-order chi connectivity index (χ0) is 25.7. The van der Waals surface area contributed by atoms with Gasteiger partial charge in [0.15, 0.2) is 0 Å². The van der Waals surface area contributed by atoms with E-state index in [4.69, 9.17) is 25.3 Å². The first-order valence-electron chi connectivity index (χ1n) is 12.0. The Morgan fingerprint density at radius 1 is 0.606 bits per heavy atom. The van der Waals surface area contributed by atoms with Crippen molar-refractivity contribution in [3.05, 3.63) is 57.6 Å². The molecule has 0 aliphatic rings. The summed E-state index contributed by atoms with van der Waals surface area (Å²) in [4.78, 5) is 0. The van der Waals surface area contributed by atoms with Crippen LogP contribution < -0.4 is 0 Å². The van der Waals surface area contributed by atoms with Crippen LogP contribution in [0, 0.1) is 0 Å². The van der Waals surface area contributed by atoms with Crippen LogP contribution in [0.15, 0.2) is 24.3 Å². The van der Waals surface area contributed by atoms with Crippen LogP contribution in [0.5, 0.6) is 11.5 Å². The van der Waals surface area contributed by atoms with Gasteiger partial charge in [0.05, 0.1) is 4.08 Å². The molecule has 0 atom stereocenters. The third-order valence-corrected chi connectivity index (χ3v) is 6.91. The van der Waals surface area contributed by atoms with Gasteiger partial charge in [-0.2, -0.15) is 25.3 Å². The largest absolute Gasteiger partial charge is 0.507 e. The SMILES string of the molecule is CC(C)c1cc(C(c2cc(C(C)C)c(O)c(C(C)(C)C)c2)C(C)(S)S)cc(C(C)(C)C)c1O. The molecule has 0 unspecified atom stereocenters. The van der Waals surface area contributed by atoms with Crippen molar-refractivity contribution in [3.8, 4) is 11.5 Å². The van der Waals surface area contributed by atoms with E-state index in [-0.39, 0.29) is 28.6 Å². The zero-order valence-corrected chi connectivity index (χ0v) is 24.1. The average molecular weight is 489 g/mol. The second-order valence-corrected chi connectivity index (χ2v) is 14.6. The van der Waals surface area contributed by atoms with Crippen LogP contribution >= 0.6 is 25.3 Å². The minimum atomic E-state index is -0.666. The summed E-state index contributed by atoms with van der Waals surface area (Å²) in [6.45, 7) is 23.2. The predicted octanol–water partition coefficient (Wildman–Crippen LogP) is 8.65. The molecule has 0 fully saturated rings. The lowest BCUT2D eigenvalue weighted by Crippen LogP contribution is -2.24. The summed E-state index contributed by atoms with van der Waals surface area (Å²) >= 11 is 9.90. The van der Waals surface area contributed by atoms with E-state index in [0.29, 0.717) is 11.5 Å². The first-order valence-corrected chi connectivity index (χ1v) is 12.9. The number of aromatic hydroxyl groups is 2. The van der Waals surface area contributed by atoms with Gasteiger partial charge in [0.25, 0.3) is 0 Å². The average Bonchev–Trinajstić information content (AvgIpc) is 2.60. The van der Waals surface area contributed by atoms with Gasteiger partial charge in [-0.05, 0) is 63.0 Å². The van der Waals surface area contributed by atoms with Crippen molar-refractivity contribution in [2.24, 2.45) is 0 Å². The molecule has 0 spiro atoms. The number of phenols is 2. The van der Waals surface area contributed by atoms with E-state index < -0.39 is 4.08 Å². The normalized spacial score (nSPS) is 13.5. The fourth-order valence-electron chi connectivity index (χ4n) is 4.54. The topological polar surface area (TPSA) is 40.5 Å². The number of hydrogen-bond acceptors (Lipinski definition) is 4. The van der Waals surface area contributed by atoms with Crippen molar-refractivity contribution >= 4 is 25.3 Å². The van der Waals surface area contributed by atoms with E-state index in [2.05, 4.69) is 93.5 Å². The third-order valence-electron chi connectivity index (χ3n) is 6.40. The molecule has 0 aromatic heterocycles. The lowest BCUT2D eigenvalue weighted by atomic mass is 9.76. The number of phenolic OH excluding ortho intramolecular Hbond substituents is 2. The van der Waals surface area contributed by atoms with Gasteiger partial charge in [-0.15, -0.1) is 0 Å². The third kappa shape index (κ3) is 6.06. The first kappa shape index (κ1) is 28.0. The van der Waals surface area contributed by atoms with Crippen LogP contribution in [-0.2, 0) is 10.8 Å². The van der Waals surface area contributed by atoms with Crippen LogP contribution in [0.3, 0.4) is 0 Å². The Morgan fingerprint density at radius 2 is 0.909 bits per heavy atom. The molecule has 184 valence electrons. The smallest absolute Gasteiger partial charge is 0.122 e. The van der Waals surface area contributed by atoms with Crippen LogP contribution in [-0.4, -0.2) is 14.3 Å². The molecule has 2 nitrogen and oxygen atoms in total. The highest BCUT2D eigenvalue weighted by Gasteiger charge is 2.35. The van der Waals surface area contributed by atoms with Gasteiger partial charge in [-0.25, -0.2) is 0 Å². The van der Waals surface area contributed by atoms with Crippen molar-refractivity contribution < 1.29 is 10.2 Å². The maximum absolute atomic E-state index is 11.1. The van der Waals surface area contributed by atoms with E-state index >= 15 is 0 Å². The summed E-state index contributed by atoms with van der Waals surface area (Å²) < 4.78 is -0.666. The Bertz CT molecular complexity index is 925. The van der Waals surface area contributed by atoms with Crippen LogP contribution in [0.1, 0.15) is 127 Å². The molecule has 33 heavy (non-hydrogen) atoms. The highest BCUT2D eigenvalue weighted by molar-refractivity contribution is 8.00. The van der Waals surface area contributed by atoms with E-state index in [1.54, 1.807) is 0 Å². The second-order valence-electron chi connectivity index (χ2n) is 12.3. The van der Waals surface area contributed by atoms with Crippen molar-refractivity contribution in [1.82, 2.24) is 0 Å². The van der Waals surface area contributed by atoms with Crippen LogP contribution in [0.25, 0.3) is 0 Å². The molecule has 0 amide bonds. The second kappa shape index (κ2) is 9.41. The van der Waals surface area contributed by atoms with Gasteiger partial charge in [0, 0.05) is 5.92 Å². The van der Waals surface area contributed by atoms with Gasteiger partial charge in [-0.3, -0.25) is 0 Å². The summed E-state index contributed by atoms with van der Waals surface area (Å²) in [5, 5.41) is 22.2. The standard InChI is InChI=1S/C29H44O2S2/c1-16(2)20-12-18(14-22(25(20)30)27(5,6)7)24(29(11,32)33)19-13-21(17(3)4)26(31)23(15-19)28(8,9)10/h12-17,24,30-33H,1-11H3.